The zero-order valence-corrected chi connectivity index (χ0v) is 18.8. The Balaban J connectivity index is 1.75. The smallest absolute Gasteiger partial charge is 0.416 e. The Labute approximate surface area is 199 Å². The number of hydrogen-bond acceptors (Lipinski definition) is 5. The number of ether oxygens (including phenoxy) is 2. The van der Waals surface area contributed by atoms with Gasteiger partial charge in [0.1, 0.15) is 29.4 Å². The molecule has 0 aliphatic rings. The van der Waals surface area contributed by atoms with Gasteiger partial charge in [-0.1, -0.05) is 44.2 Å². The normalized spacial score (nSPS) is 13.0. The van der Waals surface area contributed by atoms with Crippen molar-refractivity contribution in [2.45, 2.75) is 32.2 Å². The van der Waals surface area contributed by atoms with Crippen molar-refractivity contribution in [3.8, 4) is 17.6 Å². The molecule has 0 heterocycles. The van der Waals surface area contributed by atoms with Gasteiger partial charge < -0.3 is 14.8 Å². The average molecular weight is 486 g/mol. The van der Waals surface area contributed by atoms with Crippen LogP contribution in [0.3, 0.4) is 0 Å². The van der Waals surface area contributed by atoms with Crippen LogP contribution in [0, 0.1) is 23.1 Å². The number of benzene rings is 3. The van der Waals surface area contributed by atoms with E-state index < -0.39 is 41.6 Å². The third-order valence-electron chi connectivity index (χ3n) is 5.02. The van der Waals surface area contributed by atoms with Crippen molar-refractivity contribution in [1.82, 2.24) is 0 Å². The molecular weight excluding hydrogens is 464 g/mol. The molecule has 0 aliphatic heterocycles. The molecule has 0 saturated heterocycles. The van der Waals surface area contributed by atoms with Crippen molar-refractivity contribution in [2.75, 3.05) is 5.32 Å². The van der Waals surface area contributed by atoms with Gasteiger partial charge in [-0.3, -0.25) is 0 Å². The second-order valence-electron chi connectivity index (χ2n) is 7.99. The van der Waals surface area contributed by atoms with Crippen LogP contribution < -0.4 is 10.1 Å². The van der Waals surface area contributed by atoms with Gasteiger partial charge in [0.2, 0.25) is 6.10 Å². The summed E-state index contributed by atoms with van der Waals surface area (Å²) in [5, 5.41) is 12.2. The summed E-state index contributed by atoms with van der Waals surface area (Å²) in [7, 11) is 0. The monoisotopic (exact) mass is 486 g/mol. The van der Waals surface area contributed by atoms with Gasteiger partial charge in [0.25, 0.3) is 0 Å². The molecule has 0 aliphatic carbocycles. The minimum atomic E-state index is -4.70. The van der Waals surface area contributed by atoms with Crippen LogP contribution in [0.15, 0.2) is 72.8 Å². The molecule has 2 unspecified atom stereocenters. The second kappa shape index (κ2) is 10.9. The lowest BCUT2D eigenvalue weighted by Gasteiger charge is -2.24. The number of carbonyl (C=O) groups is 1. The molecule has 0 amide bonds. The molecule has 2 atom stereocenters. The van der Waals surface area contributed by atoms with Crippen molar-refractivity contribution in [3.63, 3.8) is 0 Å². The molecule has 9 heteroatoms. The van der Waals surface area contributed by atoms with Crippen molar-refractivity contribution in [2.24, 2.45) is 5.92 Å². The van der Waals surface area contributed by atoms with Crippen LogP contribution in [-0.4, -0.2) is 12.0 Å². The molecule has 0 bridgehead atoms. The predicted octanol–water partition coefficient (Wildman–Crippen LogP) is 6.88. The fourth-order valence-corrected chi connectivity index (χ4v) is 3.20. The summed E-state index contributed by atoms with van der Waals surface area (Å²) in [6, 6.07) is 18.2. The highest BCUT2D eigenvalue weighted by molar-refractivity contribution is 5.80. The molecule has 1 N–H and O–H groups in total. The van der Waals surface area contributed by atoms with Crippen molar-refractivity contribution < 1.29 is 31.8 Å². The number of nitrogens with zero attached hydrogens (tertiary/aromatic N) is 1. The van der Waals surface area contributed by atoms with Crippen molar-refractivity contribution in [1.29, 1.82) is 5.26 Å². The molecule has 0 saturated carbocycles. The zero-order chi connectivity index (χ0) is 25.6. The van der Waals surface area contributed by atoms with Gasteiger partial charge in [0, 0.05) is 5.56 Å². The minimum Gasteiger partial charge on any atom is -0.457 e. The van der Waals surface area contributed by atoms with E-state index >= 15 is 0 Å². The van der Waals surface area contributed by atoms with Gasteiger partial charge >= 0.3 is 12.1 Å². The van der Waals surface area contributed by atoms with Crippen molar-refractivity contribution in [3.05, 3.63) is 89.7 Å². The first kappa shape index (κ1) is 25.6. The molecule has 0 radical (unpaired) electrons. The summed E-state index contributed by atoms with van der Waals surface area (Å²) < 4.78 is 63.9. The summed E-state index contributed by atoms with van der Waals surface area (Å²) in [4.78, 5) is 12.9. The number of anilines is 1. The van der Waals surface area contributed by atoms with E-state index in [0.717, 1.165) is 6.07 Å². The van der Waals surface area contributed by atoms with Gasteiger partial charge in [-0.15, -0.1) is 0 Å². The summed E-state index contributed by atoms with van der Waals surface area (Å²) in [5.74, 6) is -1.45. The maximum Gasteiger partial charge on any atom is 0.416 e. The molecule has 3 aromatic carbocycles. The number of nitrogens with one attached hydrogen (secondary N) is 1. The molecule has 0 aromatic heterocycles. The summed E-state index contributed by atoms with van der Waals surface area (Å²) in [6.45, 7) is 3.30. The Morgan fingerprint density at radius 1 is 0.971 bits per heavy atom. The molecule has 5 nitrogen and oxygen atoms in total. The number of nitriles is 1. The van der Waals surface area contributed by atoms with E-state index in [-0.39, 0.29) is 5.69 Å². The number of alkyl halides is 3. The van der Waals surface area contributed by atoms with Gasteiger partial charge in [-0.25, -0.2) is 9.18 Å². The standard InChI is InChI=1S/C26H22F4N2O3/c1-16(2)24(32-22-12-11-18(14-21(22)27)26(28,29)30)25(33)35-23(15-31)17-7-6-10-20(13-17)34-19-8-4-3-5-9-19/h3-14,16,23-24,32H,1-2H3. The highest BCUT2D eigenvalue weighted by atomic mass is 19.4. The van der Waals surface area contributed by atoms with Gasteiger partial charge in [-0.2, -0.15) is 18.4 Å². The maximum atomic E-state index is 14.3. The minimum absolute atomic E-state index is 0.291. The quantitative estimate of drug-likeness (QED) is 0.278. The Morgan fingerprint density at radius 2 is 1.66 bits per heavy atom. The fraction of sp³-hybridized carbons (Fsp3) is 0.231. The Bertz CT molecular complexity index is 1210. The van der Waals surface area contributed by atoms with E-state index in [9.17, 15) is 27.6 Å². The molecule has 0 fully saturated rings. The third kappa shape index (κ3) is 6.73. The van der Waals surface area contributed by atoms with E-state index in [4.69, 9.17) is 9.47 Å². The van der Waals surface area contributed by atoms with E-state index in [0.29, 0.717) is 29.2 Å². The molecule has 3 aromatic rings. The largest absolute Gasteiger partial charge is 0.457 e. The van der Waals surface area contributed by atoms with Crippen LogP contribution in [0.25, 0.3) is 0 Å². The molecule has 3 rings (SSSR count). The third-order valence-corrected chi connectivity index (χ3v) is 5.02. The van der Waals surface area contributed by atoms with E-state index in [2.05, 4.69) is 5.32 Å². The molecule has 182 valence electrons. The lowest BCUT2D eigenvalue weighted by atomic mass is 10.0. The van der Waals surface area contributed by atoms with Crippen LogP contribution in [0.2, 0.25) is 0 Å². The summed E-state index contributed by atoms with van der Waals surface area (Å²) in [5.41, 5.74) is -1.08. The van der Waals surface area contributed by atoms with Gasteiger partial charge in [0.15, 0.2) is 0 Å². The lowest BCUT2D eigenvalue weighted by Crippen LogP contribution is -2.37. The Morgan fingerprint density at radius 3 is 2.26 bits per heavy atom. The summed E-state index contributed by atoms with van der Waals surface area (Å²) in [6.07, 6.45) is -5.99. The van der Waals surface area contributed by atoms with Crippen LogP contribution in [-0.2, 0) is 15.7 Å². The van der Waals surface area contributed by atoms with Crippen LogP contribution in [0.1, 0.15) is 31.1 Å². The van der Waals surface area contributed by atoms with Crippen LogP contribution in [0.4, 0.5) is 23.2 Å². The Kier molecular flexibility index (Phi) is 7.97. The zero-order valence-electron chi connectivity index (χ0n) is 18.8. The van der Waals surface area contributed by atoms with Crippen LogP contribution in [0.5, 0.6) is 11.5 Å². The maximum absolute atomic E-state index is 14.3. The van der Waals surface area contributed by atoms with Crippen LogP contribution >= 0.6 is 0 Å². The first-order chi connectivity index (χ1) is 16.6. The Hall–Kier alpha value is -4.06. The fourth-order valence-electron chi connectivity index (χ4n) is 3.20. The summed E-state index contributed by atoms with van der Waals surface area (Å²) >= 11 is 0. The predicted molar refractivity (Wildman–Crippen MR) is 121 cm³/mol. The number of esters is 1. The SMILES string of the molecule is CC(C)C(Nc1ccc(C(F)(F)F)cc1F)C(=O)OC(C#N)c1cccc(Oc2ccccc2)c1. The lowest BCUT2D eigenvalue weighted by molar-refractivity contribution is -0.149. The number of rotatable bonds is 8. The first-order valence-corrected chi connectivity index (χ1v) is 10.6. The second-order valence-corrected chi connectivity index (χ2v) is 7.99. The number of halogens is 4. The highest BCUT2D eigenvalue weighted by Gasteiger charge is 2.32. The number of carbonyl (C=O) groups excluding carboxylic acids is 1. The molecular formula is C26H22F4N2O3. The first-order valence-electron chi connectivity index (χ1n) is 10.6. The number of hydrogen-bond donors (Lipinski definition) is 1. The van der Waals surface area contributed by atoms with E-state index in [1.54, 1.807) is 62.4 Å². The average Bonchev–Trinajstić information content (AvgIpc) is 2.81. The van der Waals surface area contributed by atoms with E-state index in [1.165, 1.54) is 0 Å². The van der Waals surface area contributed by atoms with Gasteiger partial charge in [-0.05, 0) is 48.4 Å². The van der Waals surface area contributed by atoms with Gasteiger partial charge in [0.05, 0.1) is 11.3 Å². The molecule has 0 spiro atoms. The highest BCUT2D eigenvalue weighted by Crippen LogP contribution is 2.32. The van der Waals surface area contributed by atoms with E-state index in [1.807, 2.05) is 12.1 Å². The molecule has 35 heavy (non-hydrogen) atoms. The number of para-hydroxylation sites is 1. The topological polar surface area (TPSA) is 71.3 Å². The van der Waals surface area contributed by atoms with Crippen molar-refractivity contribution >= 4 is 11.7 Å².